The van der Waals surface area contributed by atoms with Crippen LogP contribution in [0.3, 0.4) is 0 Å². The summed E-state index contributed by atoms with van der Waals surface area (Å²) in [6.45, 7) is 0. The van der Waals surface area contributed by atoms with Gasteiger partial charge in [-0.15, -0.1) is 0 Å². The minimum Gasteiger partial charge on any atom is -0.467 e. The first-order valence-corrected chi connectivity index (χ1v) is 9.36. The number of nitro benzene ring substituents is 1. The zero-order chi connectivity index (χ0) is 20.1. The number of halogens is 2. The van der Waals surface area contributed by atoms with Crippen molar-refractivity contribution in [3.63, 3.8) is 0 Å². The summed E-state index contributed by atoms with van der Waals surface area (Å²) >= 11 is 9.25. The average molecular weight is 465 g/mol. The largest absolute Gasteiger partial charge is 0.467 e. The van der Waals surface area contributed by atoms with Crippen LogP contribution in [0.25, 0.3) is 0 Å². The summed E-state index contributed by atoms with van der Waals surface area (Å²) in [5.74, 6) is 0.593. The van der Waals surface area contributed by atoms with E-state index in [1.165, 1.54) is 18.4 Å². The fourth-order valence-electron chi connectivity index (χ4n) is 2.71. The molecule has 0 bridgehead atoms. The molecule has 2 aromatic carbocycles. The zero-order valence-corrected chi connectivity index (χ0v) is 16.7. The van der Waals surface area contributed by atoms with Crippen molar-refractivity contribution in [2.45, 2.75) is 12.5 Å². The highest BCUT2D eigenvalue weighted by atomic mass is 79.9. The van der Waals surface area contributed by atoms with Gasteiger partial charge in [-0.25, -0.2) is 0 Å². The number of nitro groups is 1. The Morgan fingerprint density at radius 2 is 2.04 bits per heavy atom. The van der Waals surface area contributed by atoms with Crippen molar-refractivity contribution in [1.82, 2.24) is 0 Å². The number of hydrogen-bond donors (Lipinski definition) is 2. The molecule has 3 aromatic rings. The summed E-state index contributed by atoms with van der Waals surface area (Å²) < 4.78 is 6.41. The number of nitrogens with zero attached hydrogens (tertiary/aromatic N) is 2. The van der Waals surface area contributed by atoms with E-state index >= 15 is 0 Å². The van der Waals surface area contributed by atoms with Gasteiger partial charge < -0.3 is 14.9 Å². The van der Waals surface area contributed by atoms with E-state index in [9.17, 15) is 15.3 Å². The summed E-state index contributed by atoms with van der Waals surface area (Å²) in [6, 6.07) is 14.9. The lowest BCUT2D eigenvalue weighted by molar-refractivity contribution is -0.384. The molecule has 0 saturated heterocycles. The third-order valence-corrected chi connectivity index (χ3v) is 4.91. The van der Waals surface area contributed by atoms with Gasteiger partial charge in [-0.1, -0.05) is 44.8 Å². The number of furan rings is 1. The fourth-order valence-corrected chi connectivity index (χ4v) is 3.16. The Labute approximate surface area is 173 Å². The first kappa shape index (κ1) is 19.9. The highest BCUT2D eigenvalue weighted by molar-refractivity contribution is 9.10. The van der Waals surface area contributed by atoms with E-state index in [1.54, 1.807) is 18.2 Å². The van der Waals surface area contributed by atoms with Gasteiger partial charge in [-0.05, 0) is 42.0 Å². The molecule has 0 spiro atoms. The lowest BCUT2D eigenvalue weighted by Crippen LogP contribution is -2.16. The Balaban J connectivity index is 1.89. The van der Waals surface area contributed by atoms with Gasteiger partial charge in [0, 0.05) is 22.6 Å². The minimum absolute atomic E-state index is 0.0533. The summed E-state index contributed by atoms with van der Waals surface area (Å²) in [4.78, 5) is 10.6. The van der Waals surface area contributed by atoms with Gasteiger partial charge in [0.15, 0.2) is 0 Å². The molecule has 0 aliphatic carbocycles. The smallest absolute Gasteiger partial charge is 0.289 e. The first-order chi connectivity index (χ1) is 13.5. The molecule has 1 atom stereocenters. The summed E-state index contributed by atoms with van der Waals surface area (Å²) in [5, 5.41) is 27.3. The maximum atomic E-state index is 11.1. The molecule has 144 valence electrons. The number of anilines is 1. The quantitative estimate of drug-likeness (QED) is 0.192. The van der Waals surface area contributed by atoms with Gasteiger partial charge in [0.25, 0.3) is 5.69 Å². The maximum absolute atomic E-state index is 11.1. The third-order valence-electron chi connectivity index (χ3n) is 4.07. The minimum atomic E-state index is -0.544. The van der Waals surface area contributed by atoms with E-state index in [2.05, 4.69) is 26.4 Å². The predicted molar refractivity (Wildman–Crippen MR) is 110 cm³/mol. The van der Waals surface area contributed by atoms with Crippen LogP contribution in [0.1, 0.15) is 23.8 Å². The van der Waals surface area contributed by atoms with Crippen LogP contribution in [-0.2, 0) is 0 Å². The monoisotopic (exact) mass is 463 g/mol. The molecule has 0 aliphatic rings. The van der Waals surface area contributed by atoms with Crippen LogP contribution in [0.15, 0.2) is 74.9 Å². The molecule has 0 fully saturated rings. The highest BCUT2D eigenvalue weighted by Gasteiger charge is 2.21. The molecule has 2 N–H and O–H groups in total. The molecule has 28 heavy (non-hydrogen) atoms. The van der Waals surface area contributed by atoms with Crippen molar-refractivity contribution in [1.29, 1.82) is 0 Å². The van der Waals surface area contributed by atoms with Gasteiger partial charge in [-0.2, -0.15) is 0 Å². The SMILES string of the molecule is O=[N+]([O-])c1cc(NC(CC(=NO)c2ccc(Br)cc2)c2ccco2)ccc1Cl. The lowest BCUT2D eigenvalue weighted by Gasteiger charge is -2.19. The fraction of sp³-hybridized carbons (Fsp3) is 0.105. The molecule has 0 amide bonds. The lowest BCUT2D eigenvalue weighted by atomic mass is 10.0. The Hall–Kier alpha value is -2.84. The zero-order valence-electron chi connectivity index (χ0n) is 14.4. The van der Waals surface area contributed by atoms with E-state index in [0.29, 0.717) is 17.2 Å². The molecule has 3 rings (SSSR count). The van der Waals surface area contributed by atoms with E-state index in [0.717, 1.165) is 10.0 Å². The molecular formula is C19H15BrClN3O4. The Bertz CT molecular complexity index is 991. The van der Waals surface area contributed by atoms with Crippen LogP contribution in [0.5, 0.6) is 0 Å². The van der Waals surface area contributed by atoms with E-state index in [-0.39, 0.29) is 17.1 Å². The van der Waals surface area contributed by atoms with Crippen molar-refractivity contribution in [3.8, 4) is 0 Å². The second kappa shape index (κ2) is 8.90. The topological polar surface area (TPSA) is 101 Å². The molecule has 1 aromatic heterocycles. The Morgan fingerprint density at radius 1 is 1.29 bits per heavy atom. The normalized spacial score (nSPS) is 12.6. The van der Waals surface area contributed by atoms with Crippen molar-refractivity contribution < 1.29 is 14.5 Å². The van der Waals surface area contributed by atoms with Crippen molar-refractivity contribution in [2.75, 3.05) is 5.32 Å². The van der Waals surface area contributed by atoms with Crippen LogP contribution < -0.4 is 5.32 Å². The van der Waals surface area contributed by atoms with E-state index in [1.807, 2.05) is 24.3 Å². The van der Waals surface area contributed by atoms with Gasteiger partial charge >= 0.3 is 0 Å². The Morgan fingerprint density at radius 3 is 2.64 bits per heavy atom. The van der Waals surface area contributed by atoms with Gasteiger partial charge in [0.2, 0.25) is 0 Å². The first-order valence-electron chi connectivity index (χ1n) is 8.18. The highest BCUT2D eigenvalue weighted by Crippen LogP contribution is 2.31. The predicted octanol–water partition coefficient (Wildman–Crippen LogP) is 6.03. The molecular weight excluding hydrogens is 450 g/mol. The average Bonchev–Trinajstić information content (AvgIpc) is 3.22. The van der Waals surface area contributed by atoms with Crippen molar-refractivity contribution >= 4 is 44.6 Å². The summed E-state index contributed by atoms with van der Waals surface area (Å²) in [7, 11) is 0. The second-order valence-corrected chi connectivity index (χ2v) is 7.22. The molecule has 1 unspecified atom stereocenters. The molecule has 0 radical (unpaired) electrons. The molecule has 0 saturated carbocycles. The maximum Gasteiger partial charge on any atom is 0.289 e. The number of nitrogens with one attached hydrogen (secondary N) is 1. The van der Waals surface area contributed by atoms with Crippen LogP contribution in [-0.4, -0.2) is 15.8 Å². The van der Waals surface area contributed by atoms with Gasteiger partial charge in [0.05, 0.1) is 22.9 Å². The number of oxime groups is 1. The van der Waals surface area contributed by atoms with E-state index in [4.69, 9.17) is 16.0 Å². The molecule has 0 aliphatic heterocycles. The van der Waals surface area contributed by atoms with Crippen LogP contribution in [0.4, 0.5) is 11.4 Å². The van der Waals surface area contributed by atoms with E-state index < -0.39 is 11.0 Å². The van der Waals surface area contributed by atoms with Crippen LogP contribution >= 0.6 is 27.5 Å². The van der Waals surface area contributed by atoms with Crippen molar-refractivity contribution in [3.05, 3.63) is 91.8 Å². The van der Waals surface area contributed by atoms with Crippen LogP contribution in [0.2, 0.25) is 5.02 Å². The molecule has 9 heteroatoms. The number of benzene rings is 2. The second-order valence-electron chi connectivity index (χ2n) is 5.89. The number of hydrogen-bond acceptors (Lipinski definition) is 6. The van der Waals surface area contributed by atoms with Gasteiger partial charge in [0.1, 0.15) is 10.8 Å². The third kappa shape index (κ3) is 4.71. The Kier molecular flexibility index (Phi) is 6.33. The summed E-state index contributed by atoms with van der Waals surface area (Å²) in [5.41, 5.74) is 1.47. The molecule has 1 heterocycles. The standard InChI is InChI=1S/C19H15BrClN3O4/c20-13-5-3-12(4-6-13)16(23-25)11-17(19-2-1-9-28-19)22-14-7-8-15(21)18(10-14)24(26)27/h1-10,17,22,25H,11H2. The van der Waals surface area contributed by atoms with Crippen LogP contribution in [0, 0.1) is 10.1 Å². The number of rotatable bonds is 7. The molecule has 7 nitrogen and oxygen atoms in total. The summed E-state index contributed by atoms with van der Waals surface area (Å²) in [6.07, 6.45) is 1.81. The van der Waals surface area contributed by atoms with Gasteiger partial charge in [-0.3, -0.25) is 10.1 Å². The van der Waals surface area contributed by atoms with Crippen molar-refractivity contribution in [2.24, 2.45) is 5.16 Å².